The summed E-state index contributed by atoms with van der Waals surface area (Å²) < 4.78 is 39.9. The van der Waals surface area contributed by atoms with Gasteiger partial charge >= 0.3 is 12.2 Å². The second-order valence-electron chi connectivity index (χ2n) is 7.55. The molecule has 2 heterocycles. The van der Waals surface area contributed by atoms with Crippen molar-refractivity contribution in [2.75, 3.05) is 18.4 Å². The Morgan fingerprint density at radius 2 is 2.12 bits per heavy atom. The number of halogens is 3. The van der Waals surface area contributed by atoms with Crippen molar-refractivity contribution in [1.82, 2.24) is 15.1 Å². The summed E-state index contributed by atoms with van der Waals surface area (Å²) in [7, 11) is 0. The Balaban J connectivity index is 1.63. The van der Waals surface area contributed by atoms with Gasteiger partial charge in [0, 0.05) is 19.5 Å². The Kier molecular flexibility index (Phi) is 4.96. The second kappa shape index (κ2) is 6.74. The number of hydrogen-bond acceptors (Lipinski definition) is 4. The number of likely N-dealkylation sites (tertiary alicyclic amines) is 1. The summed E-state index contributed by atoms with van der Waals surface area (Å²) in [5.41, 5.74) is -0.794. The minimum Gasteiger partial charge on any atom is -0.324 e. The van der Waals surface area contributed by atoms with E-state index in [2.05, 4.69) is 29.4 Å². The minimum absolute atomic E-state index is 0.0222. The molecule has 2 amide bonds. The molecule has 9 heteroatoms. The fourth-order valence-electron chi connectivity index (χ4n) is 3.89. The fraction of sp³-hybridized carbons (Fsp3) is 0.812. The zero-order chi connectivity index (χ0) is 18.2. The lowest BCUT2D eigenvalue weighted by atomic mass is 9.58. The summed E-state index contributed by atoms with van der Waals surface area (Å²) in [6.45, 7) is 4.43. The average Bonchev–Trinajstić information content (AvgIpc) is 2.90. The molecule has 1 aromatic rings. The average molecular weight is 376 g/mol. The van der Waals surface area contributed by atoms with Crippen LogP contribution in [0.15, 0.2) is 0 Å². The molecule has 1 spiro atoms. The summed E-state index contributed by atoms with van der Waals surface area (Å²) in [4.78, 5) is 14.0. The van der Waals surface area contributed by atoms with Crippen molar-refractivity contribution in [3.63, 3.8) is 0 Å². The predicted molar refractivity (Wildman–Crippen MR) is 89.5 cm³/mol. The molecule has 2 aliphatic rings. The summed E-state index contributed by atoms with van der Waals surface area (Å²) in [5, 5.41) is 11.9. The lowest BCUT2D eigenvalue weighted by Crippen LogP contribution is -2.58. The van der Waals surface area contributed by atoms with Crippen LogP contribution in [0.3, 0.4) is 0 Å². The highest BCUT2D eigenvalue weighted by Gasteiger charge is 2.58. The maximum Gasteiger partial charge on any atom is 0.392 e. The van der Waals surface area contributed by atoms with Crippen LogP contribution in [0.4, 0.5) is 23.1 Å². The monoisotopic (exact) mass is 376 g/mol. The number of anilines is 1. The first kappa shape index (κ1) is 18.4. The van der Waals surface area contributed by atoms with E-state index in [9.17, 15) is 18.0 Å². The number of carbonyl (C=O) groups excluding carboxylic acids is 1. The van der Waals surface area contributed by atoms with Crippen LogP contribution in [0, 0.1) is 17.3 Å². The topological polar surface area (TPSA) is 58.1 Å². The lowest BCUT2D eigenvalue weighted by molar-refractivity contribution is -0.234. The van der Waals surface area contributed by atoms with Gasteiger partial charge in [0.1, 0.15) is 5.01 Å². The third-order valence-corrected chi connectivity index (χ3v) is 6.09. The quantitative estimate of drug-likeness (QED) is 0.855. The number of piperidine rings is 1. The third-order valence-electron chi connectivity index (χ3n) is 5.23. The molecular weight excluding hydrogens is 353 g/mol. The molecule has 1 aliphatic heterocycles. The van der Waals surface area contributed by atoms with E-state index >= 15 is 0 Å². The first-order valence-electron chi connectivity index (χ1n) is 8.65. The Morgan fingerprint density at radius 1 is 1.40 bits per heavy atom. The van der Waals surface area contributed by atoms with Crippen LogP contribution in [0.25, 0.3) is 0 Å². The third kappa shape index (κ3) is 3.91. The Bertz CT molecular complexity index is 627. The van der Waals surface area contributed by atoms with E-state index in [0.29, 0.717) is 23.9 Å². The summed E-state index contributed by atoms with van der Waals surface area (Å²) in [6, 6.07) is -0.376. The Hall–Kier alpha value is -1.38. The number of amides is 2. The van der Waals surface area contributed by atoms with Gasteiger partial charge in [-0.05, 0) is 30.6 Å². The minimum atomic E-state index is -4.19. The molecule has 1 saturated heterocycles. The molecule has 1 aromatic heterocycles. The van der Waals surface area contributed by atoms with Crippen LogP contribution in [0.2, 0.25) is 0 Å². The van der Waals surface area contributed by atoms with Gasteiger partial charge in [-0.2, -0.15) is 13.2 Å². The summed E-state index contributed by atoms with van der Waals surface area (Å²) in [6.07, 6.45) is -1.54. The van der Waals surface area contributed by atoms with E-state index in [1.54, 1.807) is 0 Å². The summed E-state index contributed by atoms with van der Waals surface area (Å²) in [5.74, 6) is -0.853. The molecule has 1 aliphatic carbocycles. The highest BCUT2D eigenvalue weighted by atomic mass is 32.1. The largest absolute Gasteiger partial charge is 0.392 e. The first-order valence-corrected chi connectivity index (χ1v) is 9.46. The normalized spacial score (nSPS) is 23.0. The SMILES string of the molecule is CC(C)Cc1nnc(NC(=O)N2CC[C@H](C(F)(F)F)C3(CCC3)C2)s1. The van der Waals surface area contributed by atoms with Crippen LogP contribution < -0.4 is 5.32 Å². The van der Waals surface area contributed by atoms with Gasteiger partial charge in [0.25, 0.3) is 0 Å². The lowest BCUT2D eigenvalue weighted by Gasteiger charge is -2.53. The van der Waals surface area contributed by atoms with Crippen molar-refractivity contribution in [2.45, 2.75) is 52.1 Å². The van der Waals surface area contributed by atoms with Gasteiger partial charge in [-0.15, -0.1) is 10.2 Å². The molecule has 0 unspecified atom stereocenters. The van der Waals surface area contributed by atoms with E-state index < -0.39 is 17.5 Å². The maximum absolute atomic E-state index is 13.3. The fourth-order valence-corrected chi connectivity index (χ4v) is 4.83. The van der Waals surface area contributed by atoms with Gasteiger partial charge in [0.2, 0.25) is 5.13 Å². The van der Waals surface area contributed by atoms with E-state index in [-0.39, 0.29) is 25.5 Å². The molecule has 1 saturated carbocycles. The van der Waals surface area contributed by atoms with E-state index in [0.717, 1.165) is 17.8 Å². The van der Waals surface area contributed by atoms with Gasteiger partial charge in [-0.3, -0.25) is 5.32 Å². The molecule has 0 radical (unpaired) electrons. The highest BCUT2D eigenvalue weighted by Crippen LogP contribution is 2.56. The Morgan fingerprint density at radius 3 is 2.68 bits per heavy atom. The number of carbonyl (C=O) groups is 1. The number of urea groups is 1. The van der Waals surface area contributed by atoms with Gasteiger partial charge in [0.05, 0.1) is 5.92 Å². The standard InChI is InChI=1S/C16H23F3N4OS/c1-10(2)8-12-21-22-13(25-12)20-14(24)23-7-4-11(16(17,18)19)15(9-23)5-3-6-15/h10-11H,3-9H2,1-2H3,(H,20,22,24)/t11-/m0/s1. The highest BCUT2D eigenvalue weighted by molar-refractivity contribution is 7.15. The predicted octanol–water partition coefficient (Wildman–Crippen LogP) is 4.32. The molecule has 1 atom stereocenters. The van der Waals surface area contributed by atoms with Crippen LogP contribution in [0.1, 0.15) is 44.5 Å². The van der Waals surface area contributed by atoms with Crippen molar-refractivity contribution in [2.24, 2.45) is 17.3 Å². The van der Waals surface area contributed by atoms with Gasteiger partial charge in [0.15, 0.2) is 0 Å². The van der Waals surface area contributed by atoms with Crippen LogP contribution in [-0.2, 0) is 6.42 Å². The molecule has 0 bridgehead atoms. The number of hydrogen-bond donors (Lipinski definition) is 1. The van der Waals surface area contributed by atoms with Gasteiger partial charge in [-0.1, -0.05) is 31.6 Å². The number of rotatable bonds is 3. The molecule has 1 N–H and O–H groups in total. The van der Waals surface area contributed by atoms with Crippen molar-refractivity contribution in [1.29, 1.82) is 0 Å². The van der Waals surface area contributed by atoms with E-state index in [1.165, 1.54) is 16.2 Å². The van der Waals surface area contributed by atoms with Crippen LogP contribution in [0.5, 0.6) is 0 Å². The van der Waals surface area contributed by atoms with Crippen molar-refractivity contribution >= 4 is 22.5 Å². The zero-order valence-corrected chi connectivity index (χ0v) is 15.2. The van der Waals surface area contributed by atoms with E-state index in [4.69, 9.17) is 0 Å². The Labute approximate surface area is 149 Å². The molecular formula is C16H23F3N4OS. The van der Waals surface area contributed by atoms with E-state index in [1.807, 2.05) is 0 Å². The van der Waals surface area contributed by atoms with Gasteiger partial charge in [-0.25, -0.2) is 4.79 Å². The molecule has 5 nitrogen and oxygen atoms in total. The smallest absolute Gasteiger partial charge is 0.324 e. The van der Waals surface area contributed by atoms with Gasteiger partial charge < -0.3 is 4.90 Å². The maximum atomic E-state index is 13.3. The van der Waals surface area contributed by atoms with Crippen molar-refractivity contribution in [3.8, 4) is 0 Å². The molecule has 140 valence electrons. The molecule has 2 fully saturated rings. The zero-order valence-electron chi connectivity index (χ0n) is 14.4. The number of alkyl halides is 3. The molecule has 25 heavy (non-hydrogen) atoms. The molecule has 3 rings (SSSR count). The van der Waals surface area contributed by atoms with Crippen molar-refractivity contribution < 1.29 is 18.0 Å². The number of nitrogens with zero attached hydrogens (tertiary/aromatic N) is 3. The number of aromatic nitrogens is 2. The molecule has 0 aromatic carbocycles. The van der Waals surface area contributed by atoms with Crippen LogP contribution >= 0.6 is 11.3 Å². The summed E-state index contributed by atoms with van der Waals surface area (Å²) >= 11 is 1.32. The van der Waals surface area contributed by atoms with Crippen LogP contribution in [-0.4, -0.2) is 40.4 Å². The number of nitrogens with one attached hydrogen (secondary N) is 1. The first-order chi connectivity index (χ1) is 11.7. The van der Waals surface area contributed by atoms with Crippen molar-refractivity contribution in [3.05, 3.63) is 5.01 Å². The second-order valence-corrected chi connectivity index (χ2v) is 8.61.